The highest BCUT2D eigenvalue weighted by Gasteiger charge is 2.47. The van der Waals surface area contributed by atoms with E-state index in [0.29, 0.717) is 30.4 Å². The van der Waals surface area contributed by atoms with E-state index in [0.717, 1.165) is 31.2 Å². The number of nitrogens with zero attached hydrogens (tertiary/aromatic N) is 2. The third-order valence-corrected chi connectivity index (χ3v) is 9.38. The minimum atomic E-state index is -3.62. The van der Waals surface area contributed by atoms with Gasteiger partial charge in [0.15, 0.2) is 5.03 Å². The van der Waals surface area contributed by atoms with E-state index in [4.69, 9.17) is 4.74 Å². The van der Waals surface area contributed by atoms with Crippen LogP contribution in [0.2, 0.25) is 0 Å². The monoisotopic (exact) mass is 548 g/mol. The van der Waals surface area contributed by atoms with Gasteiger partial charge in [0.2, 0.25) is 9.84 Å². The van der Waals surface area contributed by atoms with Crippen molar-refractivity contribution in [1.82, 2.24) is 9.55 Å². The van der Waals surface area contributed by atoms with Crippen molar-refractivity contribution >= 4 is 15.8 Å². The fourth-order valence-electron chi connectivity index (χ4n) is 5.81. The maximum Gasteiger partial charge on any atom is 0.338 e. The molecule has 1 saturated carbocycles. The molecule has 0 saturated heterocycles. The molecule has 0 bridgehead atoms. The van der Waals surface area contributed by atoms with Crippen molar-refractivity contribution in [2.45, 2.75) is 74.2 Å². The molecule has 0 spiro atoms. The van der Waals surface area contributed by atoms with Gasteiger partial charge in [0.1, 0.15) is 11.4 Å². The zero-order chi connectivity index (χ0) is 27.6. The van der Waals surface area contributed by atoms with Gasteiger partial charge in [-0.25, -0.2) is 18.2 Å². The summed E-state index contributed by atoms with van der Waals surface area (Å²) in [5, 5.41) is 11.4. The third kappa shape index (κ3) is 6.11. The summed E-state index contributed by atoms with van der Waals surface area (Å²) in [7, 11) is -1.89. The number of aromatic nitrogens is 2. The molecule has 0 amide bonds. The lowest BCUT2D eigenvalue weighted by molar-refractivity contribution is -0.161. The van der Waals surface area contributed by atoms with Gasteiger partial charge >= 0.3 is 5.97 Å². The number of ether oxygens (including phenoxy) is 1. The van der Waals surface area contributed by atoms with Crippen LogP contribution >= 0.6 is 0 Å². The Balaban J connectivity index is 1.42. The van der Waals surface area contributed by atoms with Crippen molar-refractivity contribution in [3.8, 4) is 0 Å². The van der Waals surface area contributed by atoms with Crippen molar-refractivity contribution in [3.05, 3.63) is 95.1 Å². The molecular weight excluding hydrogens is 512 g/mol. The van der Waals surface area contributed by atoms with Gasteiger partial charge in [-0.3, -0.25) is 0 Å². The molecule has 3 aromatic rings. The number of aliphatic hydroxyl groups excluding tert-OH is 1. The second-order valence-corrected chi connectivity index (χ2v) is 13.0. The highest BCUT2D eigenvalue weighted by atomic mass is 32.2. The lowest BCUT2D eigenvalue weighted by Gasteiger charge is -2.39. The Morgan fingerprint density at radius 3 is 2.49 bits per heavy atom. The molecule has 0 radical (unpaired) electrons. The van der Waals surface area contributed by atoms with E-state index < -0.39 is 21.4 Å². The molecule has 8 heteroatoms. The quantitative estimate of drug-likeness (QED) is 0.303. The predicted octanol–water partition coefficient (Wildman–Crippen LogP) is 5.82. The van der Waals surface area contributed by atoms with Crippen LogP contribution in [0.15, 0.2) is 83.5 Å². The van der Waals surface area contributed by atoms with E-state index in [2.05, 4.69) is 24.0 Å². The lowest BCUT2D eigenvalue weighted by Crippen LogP contribution is -2.42. The van der Waals surface area contributed by atoms with Crippen molar-refractivity contribution in [2.24, 2.45) is 13.0 Å². The zero-order valence-corrected chi connectivity index (χ0v) is 23.4. The largest absolute Gasteiger partial charge is 0.512 e. The molecule has 1 aromatic heterocycles. The van der Waals surface area contributed by atoms with E-state index in [1.807, 2.05) is 36.4 Å². The Morgan fingerprint density at radius 2 is 1.85 bits per heavy atom. The maximum absolute atomic E-state index is 13.6. The summed E-state index contributed by atoms with van der Waals surface area (Å²) in [5.74, 6) is -0.659. The first-order chi connectivity index (χ1) is 18.7. The number of benzene rings is 2. The molecular formula is C31H36N2O5S. The predicted molar refractivity (Wildman–Crippen MR) is 149 cm³/mol. The number of cyclic esters (lactones) is 1. The minimum absolute atomic E-state index is 0.0353. The summed E-state index contributed by atoms with van der Waals surface area (Å²) in [6, 6.07) is 17.5. The molecule has 1 N–H and O–H groups in total. The smallest absolute Gasteiger partial charge is 0.338 e. The fraction of sp³-hybridized carbons (Fsp3) is 0.419. The first-order valence-electron chi connectivity index (χ1n) is 13.7. The summed E-state index contributed by atoms with van der Waals surface area (Å²) in [4.78, 5) is 17.6. The molecule has 206 valence electrons. The Bertz CT molecular complexity index is 1470. The van der Waals surface area contributed by atoms with Crippen LogP contribution in [0.5, 0.6) is 0 Å². The highest BCUT2D eigenvalue weighted by molar-refractivity contribution is 7.90. The number of hydrogen-bond donors (Lipinski definition) is 1. The van der Waals surface area contributed by atoms with E-state index in [9.17, 15) is 18.3 Å². The number of hydrogen-bond acceptors (Lipinski definition) is 6. The number of carbonyl (C=O) groups is 1. The highest BCUT2D eigenvalue weighted by Crippen LogP contribution is 2.50. The second kappa shape index (κ2) is 11.0. The van der Waals surface area contributed by atoms with E-state index >= 15 is 0 Å². The number of rotatable bonds is 11. The third-order valence-electron chi connectivity index (χ3n) is 7.82. The van der Waals surface area contributed by atoms with Crippen LogP contribution in [0.25, 0.3) is 0 Å². The summed E-state index contributed by atoms with van der Waals surface area (Å²) < 4.78 is 33.7. The Hall–Kier alpha value is -3.39. The van der Waals surface area contributed by atoms with Crippen LogP contribution < -0.4 is 0 Å². The van der Waals surface area contributed by atoms with Crippen LogP contribution in [0.1, 0.15) is 68.1 Å². The second-order valence-electron chi connectivity index (χ2n) is 11.0. The van der Waals surface area contributed by atoms with E-state index in [1.54, 1.807) is 17.7 Å². The van der Waals surface area contributed by atoms with Gasteiger partial charge in [0, 0.05) is 25.6 Å². The molecule has 39 heavy (non-hydrogen) atoms. The van der Waals surface area contributed by atoms with Gasteiger partial charge < -0.3 is 14.4 Å². The average Bonchev–Trinajstić information content (AvgIpc) is 3.63. The standard InChI is InChI=1S/C31H36N2O5S/c1-3-15-31(16-14-22-8-5-4-6-9-22)18-26(34)29(30(35)38-31)28(24-12-13-24)25-11-7-10-23(17-25)20-39(36,37)27-19-33(2)21-32-27/h4-11,17,19,21,24,28,34H,3,12-16,18,20H2,1-2H3. The van der Waals surface area contributed by atoms with Crippen LogP contribution in [0.4, 0.5) is 0 Å². The van der Waals surface area contributed by atoms with Gasteiger partial charge in [-0.15, -0.1) is 0 Å². The van der Waals surface area contributed by atoms with Gasteiger partial charge in [0.25, 0.3) is 0 Å². The van der Waals surface area contributed by atoms with Crippen LogP contribution in [0.3, 0.4) is 0 Å². The van der Waals surface area contributed by atoms with Crippen LogP contribution in [-0.4, -0.2) is 34.6 Å². The SMILES string of the molecule is CCCC1(CCc2ccccc2)CC(O)=C(C(c2cccc(CS(=O)(=O)c3cn(C)cn3)c2)C2CC2)C(=O)O1. The van der Waals surface area contributed by atoms with Gasteiger partial charge in [-0.05, 0) is 54.7 Å². The number of sulfone groups is 1. The Kier molecular flexibility index (Phi) is 7.67. The number of aliphatic hydroxyl groups is 1. The molecule has 5 rings (SSSR count). The number of carbonyl (C=O) groups excluding carboxylic acids is 1. The topological polar surface area (TPSA) is 98.5 Å². The summed E-state index contributed by atoms with van der Waals surface area (Å²) >= 11 is 0. The number of imidazole rings is 1. The molecule has 2 aromatic carbocycles. The van der Waals surface area contributed by atoms with Gasteiger partial charge in [0.05, 0.1) is 17.7 Å². The zero-order valence-electron chi connectivity index (χ0n) is 22.5. The fourth-order valence-corrected chi connectivity index (χ4v) is 7.11. The molecule has 2 atom stereocenters. The van der Waals surface area contributed by atoms with Gasteiger partial charge in [-0.1, -0.05) is 67.9 Å². The Labute approximate surface area is 230 Å². The first kappa shape index (κ1) is 27.2. The molecule has 2 aliphatic rings. The lowest BCUT2D eigenvalue weighted by atomic mass is 9.79. The number of aryl methyl sites for hydroxylation is 2. The van der Waals surface area contributed by atoms with Crippen LogP contribution in [-0.2, 0) is 38.6 Å². The molecule has 2 heterocycles. The van der Waals surface area contributed by atoms with Gasteiger partial charge in [-0.2, -0.15) is 0 Å². The van der Waals surface area contributed by atoms with Crippen molar-refractivity contribution < 1.29 is 23.1 Å². The van der Waals surface area contributed by atoms with Crippen molar-refractivity contribution in [3.63, 3.8) is 0 Å². The molecule has 1 aliphatic carbocycles. The average molecular weight is 549 g/mol. The molecule has 2 unspecified atom stereocenters. The molecule has 7 nitrogen and oxygen atoms in total. The Morgan fingerprint density at radius 1 is 1.10 bits per heavy atom. The summed E-state index contributed by atoms with van der Waals surface area (Å²) in [6.45, 7) is 2.06. The van der Waals surface area contributed by atoms with Crippen molar-refractivity contribution in [2.75, 3.05) is 0 Å². The summed E-state index contributed by atoms with van der Waals surface area (Å²) in [6.07, 6.45) is 8.06. The van der Waals surface area contributed by atoms with E-state index in [-0.39, 0.29) is 28.4 Å². The van der Waals surface area contributed by atoms with Crippen LogP contribution in [0, 0.1) is 5.92 Å². The van der Waals surface area contributed by atoms with E-state index in [1.165, 1.54) is 18.1 Å². The molecule has 1 fully saturated rings. The normalized spacial score (nSPS) is 20.6. The number of esters is 1. The van der Waals surface area contributed by atoms with Crippen molar-refractivity contribution in [1.29, 1.82) is 0 Å². The maximum atomic E-state index is 13.6. The minimum Gasteiger partial charge on any atom is -0.512 e. The first-order valence-corrected chi connectivity index (χ1v) is 15.3. The molecule has 1 aliphatic heterocycles. The summed E-state index contributed by atoms with van der Waals surface area (Å²) in [5.41, 5.74) is 2.22.